The van der Waals surface area contributed by atoms with E-state index in [0.717, 1.165) is 47.1 Å². The second-order valence-corrected chi connectivity index (χ2v) is 6.99. The highest BCUT2D eigenvalue weighted by Gasteiger charge is 2.55. The Balaban J connectivity index is 1.74. The molecule has 2 aliphatic rings. The summed E-state index contributed by atoms with van der Waals surface area (Å²) in [6.07, 6.45) is 2.77. The van der Waals surface area contributed by atoms with Gasteiger partial charge in [0.25, 0.3) is 0 Å². The van der Waals surface area contributed by atoms with E-state index in [1.807, 2.05) is 18.2 Å². The molecule has 2 heterocycles. The zero-order valence-corrected chi connectivity index (χ0v) is 13.0. The van der Waals surface area contributed by atoms with Gasteiger partial charge in [-0.3, -0.25) is 4.79 Å². The molecule has 0 bridgehead atoms. The molecule has 1 N–H and O–H groups in total. The molecule has 1 aliphatic carbocycles. The van der Waals surface area contributed by atoms with Crippen molar-refractivity contribution in [3.63, 3.8) is 0 Å². The molecule has 1 aromatic carbocycles. The molecule has 0 spiro atoms. The summed E-state index contributed by atoms with van der Waals surface area (Å²) in [6.45, 7) is 1.28. The first kappa shape index (κ1) is 13.1. The Kier molecular flexibility index (Phi) is 2.79. The maximum Gasteiger partial charge on any atom is 0.311 e. The second kappa shape index (κ2) is 4.47. The number of carbonyl (C=O) groups is 1. The topological polar surface area (TPSA) is 66.6 Å². The number of halogens is 1. The van der Waals surface area contributed by atoms with Crippen molar-refractivity contribution in [1.82, 2.24) is 5.16 Å². The van der Waals surface area contributed by atoms with E-state index in [9.17, 15) is 9.90 Å². The van der Waals surface area contributed by atoms with Gasteiger partial charge in [-0.1, -0.05) is 27.5 Å². The number of aromatic nitrogens is 1. The Morgan fingerprint density at radius 2 is 2.38 bits per heavy atom. The molecule has 0 amide bonds. The van der Waals surface area contributed by atoms with Crippen molar-refractivity contribution < 1.29 is 14.4 Å². The van der Waals surface area contributed by atoms with Gasteiger partial charge in [0.05, 0.1) is 10.8 Å². The van der Waals surface area contributed by atoms with Crippen LogP contribution in [0.3, 0.4) is 0 Å². The zero-order chi connectivity index (χ0) is 14.6. The van der Waals surface area contributed by atoms with Crippen LogP contribution in [0.2, 0.25) is 0 Å². The largest absolute Gasteiger partial charge is 0.481 e. The Morgan fingerprint density at radius 1 is 1.52 bits per heavy atom. The summed E-state index contributed by atoms with van der Waals surface area (Å²) in [7, 11) is 0. The SMILES string of the molecule is O=C(O)[C@@]12CCC[C@H]1CN(c1noc3ccc(Br)cc13)C2. The number of carboxylic acids is 1. The number of benzene rings is 1. The minimum atomic E-state index is -0.665. The summed E-state index contributed by atoms with van der Waals surface area (Å²) in [6, 6.07) is 5.76. The Bertz CT molecular complexity index is 729. The predicted molar refractivity (Wildman–Crippen MR) is 81.3 cm³/mol. The number of carboxylic acid groups (broad SMARTS) is 1. The van der Waals surface area contributed by atoms with Gasteiger partial charge in [0.2, 0.25) is 0 Å². The first-order valence-corrected chi connectivity index (χ1v) is 7.93. The molecule has 2 fully saturated rings. The number of hydrogen-bond donors (Lipinski definition) is 1. The van der Waals surface area contributed by atoms with Crippen LogP contribution in [0.4, 0.5) is 5.82 Å². The van der Waals surface area contributed by atoms with Gasteiger partial charge in [-0.05, 0) is 37.0 Å². The van der Waals surface area contributed by atoms with Crippen molar-refractivity contribution in [2.24, 2.45) is 11.3 Å². The normalized spacial score (nSPS) is 28.2. The smallest absolute Gasteiger partial charge is 0.311 e. The van der Waals surface area contributed by atoms with E-state index < -0.39 is 11.4 Å². The summed E-state index contributed by atoms with van der Waals surface area (Å²) in [5.74, 6) is 0.316. The second-order valence-electron chi connectivity index (χ2n) is 6.08. The van der Waals surface area contributed by atoms with Gasteiger partial charge < -0.3 is 14.5 Å². The minimum Gasteiger partial charge on any atom is -0.481 e. The maximum absolute atomic E-state index is 11.8. The third kappa shape index (κ3) is 1.81. The van der Waals surface area contributed by atoms with Gasteiger partial charge in [0, 0.05) is 17.6 Å². The quantitative estimate of drug-likeness (QED) is 0.900. The summed E-state index contributed by atoms with van der Waals surface area (Å²) in [4.78, 5) is 13.8. The van der Waals surface area contributed by atoms with Crippen LogP contribution in [-0.4, -0.2) is 29.3 Å². The van der Waals surface area contributed by atoms with E-state index >= 15 is 0 Å². The van der Waals surface area contributed by atoms with Crippen molar-refractivity contribution in [2.45, 2.75) is 19.3 Å². The Labute approximate surface area is 130 Å². The molecule has 5 nitrogen and oxygen atoms in total. The van der Waals surface area contributed by atoms with E-state index in [1.54, 1.807) is 0 Å². The van der Waals surface area contributed by atoms with Crippen LogP contribution >= 0.6 is 15.9 Å². The molecule has 110 valence electrons. The Morgan fingerprint density at radius 3 is 3.14 bits per heavy atom. The Hall–Kier alpha value is -1.56. The number of rotatable bonds is 2. The average Bonchev–Trinajstić information content (AvgIpc) is 3.08. The molecule has 0 unspecified atom stereocenters. The number of nitrogens with zero attached hydrogens (tertiary/aromatic N) is 2. The van der Waals surface area contributed by atoms with E-state index in [1.165, 1.54) is 0 Å². The van der Waals surface area contributed by atoms with Crippen LogP contribution in [0.15, 0.2) is 27.2 Å². The van der Waals surface area contributed by atoms with Crippen LogP contribution in [0.1, 0.15) is 19.3 Å². The molecule has 1 aromatic heterocycles. The third-order valence-electron chi connectivity index (χ3n) is 5.01. The highest BCUT2D eigenvalue weighted by atomic mass is 79.9. The van der Waals surface area contributed by atoms with Gasteiger partial charge in [-0.2, -0.15) is 0 Å². The zero-order valence-electron chi connectivity index (χ0n) is 11.4. The molecular formula is C15H15BrN2O3. The van der Waals surface area contributed by atoms with Crippen LogP contribution in [0.5, 0.6) is 0 Å². The third-order valence-corrected chi connectivity index (χ3v) is 5.50. The minimum absolute atomic E-state index is 0.217. The fourth-order valence-electron chi connectivity index (χ4n) is 3.93. The molecule has 4 rings (SSSR count). The molecule has 1 aliphatic heterocycles. The first-order valence-electron chi connectivity index (χ1n) is 7.13. The van der Waals surface area contributed by atoms with Crippen LogP contribution < -0.4 is 4.90 Å². The molecule has 0 radical (unpaired) electrons. The fourth-order valence-corrected chi connectivity index (χ4v) is 4.29. The number of aliphatic carboxylic acids is 1. The standard InChI is InChI=1S/C15H15BrN2O3/c16-10-3-4-12-11(6-10)13(17-21-12)18-7-9-2-1-5-15(9,8-18)14(19)20/h3-4,6,9H,1-2,5,7-8H2,(H,19,20)/t9-,15+/m0/s1. The van der Waals surface area contributed by atoms with E-state index in [-0.39, 0.29) is 5.92 Å². The summed E-state index contributed by atoms with van der Waals surface area (Å²) >= 11 is 3.46. The van der Waals surface area contributed by atoms with Crippen molar-refractivity contribution in [1.29, 1.82) is 0 Å². The predicted octanol–water partition coefficient (Wildman–Crippen LogP) is 3.28. The van der Waals surface area contributed by atoms with Gasteiger partial charge in [0.15, 0.2) is 11.4 Å². The van der Waals surface area contributed by atoms with Gasteiger partial charge in [-0.15, -0.1) is 0 Å². The lowest BCUT2D eigenvalue weighted by Gasteiger charge is -2.23. The lowest BCUT2D eigenvalue weighted by Crippen LogP contribution is -2.35. The van der Waals surface area contributed by atoms with E-state index in [0.29, 0.717) is 6.54 Å². The van der Waals surface area contributed by atoms with Crippen LogP contribution in [-0.2, 0) is 4.79 Å². The monoisotopic (exact) mass is 350 g/mol. The molecule has 1 saturated heterocycles. The molecular weight excluding hydrogens is 336 g/mol. The molecule has 2 aromatic rings. The highest BCUT2D eigenvalue weighted by Crippen LogP contribution is 2.50. The van der Waals surface area contributed by atoms with Crippen molar-refractivity contribution in [3.05, 3.63) is 22.7 Å². The van der Waals surface area contributed by atoms with Gasteiger partial charge >= 0.3 is 5.97 Å². The van der Waals surface area contributed by atoms with Crippen LogP contribution in [0, 0.1) is 11.3 Å². The average molecular weight is 351 g/mol. The molecule has 21 heavy (non-hydrogen) atoms. The summed E-state index contributed by atoms with van der Waals surface area (Å²) in [5.41, 5.74) is 0.131. The van der Waals surface area contributed by atoms with Gasteiger partial charge in [-0.25, -0.2) is 0 Å². The lowest BCUT2D eigenvalue weighted by molar-refractivity contribution is -0.149. The highest BCUT2D eigenvalue weighted by molar-refractivity contribution is 9.10. The maximum atomic E-state index is 11.8. The lowest BCUT2D eigenvalue weighted by atomic mass is 9.81. The van der Waals surface area contributed by atoms with Crippen molar-refractivity contribution >= 4 is 38.7 Å². The number of anilines is 1. The van der Waals surface area contributed by atoms with E-state index in [4.69, 9.17) is 4.52 Å². The number of hydrogen-bond acceptors (Lipinski definition) is 4. The fraction of sp³-hybridized carbons (Fsp3) is 0.467. The molecule has 1 saturated carbocycles. The molecule has 2 atom stereocenters. The molecule has 6 heteroatoms. The number of fused-ring (bicyclic) bond motifs is 2. The van der Waals surface area contributed by atoms with Crippen molar-refractivity contribution in [3.8, 4) is 0 Å². The first-order chi connectivity index (χ1) is 10.1. The van der Waals surface area contributed by atoms with E-state index in [2.05, 4.69) is 26.0 Å². The summed E-state index contributed by atoms with van der Waals surface area (Å²) in [5, 5.41) is 14.8. The van der Waals surface area contributed by atoms with Crippen molar-refractivity contribution in [2.75, 3.05) is 18.0 Å². The van der Waals surface area contributed by atoms with Gasteiger partial charge in [0.1, 0.15) is 0 Å². The summed E-state index contributed by atoms with van der Waals surface area (Å²) < 4.78 is 6.34. The van der Waals surface area contributed by atoms with Crippen LogP contribution in [0.25, 0.3) is 11.0 Å².